The Hall–Kier alpha value is -2.04. The zero-order chi connectivity index (χ0) is 15.1. The van der Waals surface area contributed by atoms with E-state index in [1.165, 1.54) is 5.56 Å². The van der Waals surface area contributed by atoms with Gasteiger partial charge in [-0.2, -0.15) is 0 Å². The maximum Gasteiger partial charge on any atom is 0.326 e. The molecule has 1 rings (SSSR count). The summed E-state index contributed by atoms with van der Waals surface area (Å²) in [7, 11) is 0. The predicted molar refractivity (Wildman–Crippen MR) is 77.6 cm³/mol. The van der Waals surface area contributed by atoms with E-state index in [2.05, 4.69) is 24.5 Å². The molecule has 0 aromatic heterocycles. The first-order chi connectivity index (χ1) is 9.43. The average Bonchev–Trinajstić information content (AvgIpc) is 2.42. The molecule has 0 aliphatic heterocycles. The van der Waals surface area contributed by atoms with E-state index < -0.39 is 18.0 Å². The molecule has 5 heteroatoms. The van der Waals surface area contributed by atoms with Crippen LogP contribution in [0.4, 0.5) is 4.79 Å². The summed E-state index contributed by atoms with van der Waals surface area (Å²) in [4.78, 5) is 22.4. The topological polar surface area (TPSA) is 78.4 Å². The molecule has 0 fully saturated rings. The van der Waals surface area contributed by atoms with Crippen LogP contribution in [-0.4, -0.2) is 23.1 Å². The second-order valence-corrected chi connectivity index (χ2v) is 5.02. The van der Waals surface area contributed by atoms with Crippen molar-refractivity contribution in [3.8, 4) is 0 Å². The Morgan fingerprint density at radius 1 is 1.20 bits per heavy atom. The van der Waals surface area contributed by atoms with Crippen LogP contribution in [0.3, 0.4) is 0 Å². The average molecular weight is 278 g/mol. The van der Waals surface area contributed by atoms with Gasteiger partial charge in [-0.1, -0.05) is 45.0 Å². The van der Waals surface area contributed by atoms with Crippen molar-refractivity contribution < 1.29 is 14.7 Å². The van der Waals surface area contributed by atoms with Crippen LogP contribution in [0.25, 0.3) is 0 Å². The molecule has 0 saturated carbocycles. The quantitative estimate of drug-likeness (QED) is 0.748. The second-order valence-electron chi connectivity index (χ2n) is 5.02. The first-order valence-electron chi connectivity index (χ1n) is 6.80. The summed E-state index contributed by atoms with van der Waals surface area (Å²) in [5, 5.41) is 13.9. The highest BCUT2D eigenvalue weighted by Gasteiger charge is 2.16. The maximum absolute atomic E-state index is 11.6. The van der Waals surface area contributed by atoms with Crippen molar-refractivity contribution in [2.75, 3.05) is 0 Å². The molecule has 0 aliphatic carbocycles. The SMILES string of the molecule is CC[C@H](NC(=O)NCc1ccc(C(C)C)cc1)C(=O)O. The summed E-state index contributed by atoms with van der Waals surface area (Å²) in [5.41, 5.74) is 2.23. The Morgan fingerprint density at radius 3 is 2.25 bits per heavy atom. The van der Waals surface area contributed by atoms with Crippen molar-refractivity contribution in [1.29, 1.82) is 0 Å². The van der Waals surface area contributed by atoms with E-state index in [4.69, 9.17) is 5.11 Å². The van der Waals surface area contributed by atoms with Gasteiger partial charge in [0.05, 0.1) is 0 Å². The van der Waals surface area contributed by atoms with E-state index in [0.29, 0.717) is 18.9 Å². The highest BCUT2D eigenvalue weighted by atomic mass is 16.4. The summed E-state index contributed by atoms with van der Waals surface area (Å²) in [6.07, 6.45) is 0.353. The van der Waals surface area contributed by atoms with Gasteiger partial charge in [-0.3, -0.25) is 0 Å². The molecule has 0 radical (unpaired) electrons. The Morgan fingerprint density at radius 2 is 1.80 bits per heavy atom. The second kappa shape index (κ2) is 7.53. The number of rotatable bonds is 6. The van der Waals surface area contributed by atoms with Crippen molar-refractivity contribution in [2.45, 2.75) is 45.7 Å². The molecule has 1 aromatic carbocycles. The smallest absolute Gasteiger partial charge is 0.326 e. The van der Waals surface area contributed by atoms with Crippen molar-refractivity contribution in [3.05, 3.63) is 35.4 Å². The molecule has 0 bridgehead atoms. The fourth-order valence-corrected chi connectivity index (χ4v) is 1.75. The minimum Gasteiger partial charge on any atom is -0.480 e. The van der Waals surface area contributed by atoms with Gasteiger partial charge in [-0.25, -0.2) is 9.59 Å². The largest absolute Gasteiger partial charge is 0.480 e. The Balaban J connectivity index is 2.46. The summed E-state index contributed by atoms with van der Waals surface area (Å²) < 4.78 is 0. The molecule has 0 unspecified atom stereocenters. The number of carbonyl (C=O) groups is 2. The van der Waals surface area contributed by atoms with E-state index in [1.54, 1.807) is 6.92 Å². The zero-order valence-corrected chi connectivity index (χ0v) is 12.1. The summed E-state index contributed by atoms with van der Waals surface area (Å²) in [5.74, 6) is -0.551. The molecule has 0 heterocycles. The summed E-state index contributed by atoms with van der Waals surface area (Å²) in [6.45, 7) is 6.33. The molecule has 0 spiro atoms. The number of hydrogen-bond donors (Lipinski definition) is 3. The van der Waals surface area contributed by atoms with Crippen molar-refractivity contribution >= 4 is 12.0 Å². The number of benzene rings is 1. The van der Waals surface area contributed by atoms with Crippen molar-refractivity contribution in [2.24, 2.45) is 0 Å². The third kappa shape index (κ3) is 4.91. The van der Waals surface area contributed by atoms with Gasteiger partial charge >= 0.3 is 12.0 Å². The number of carboxylic acids is 1. The minimum absolute atomic E-state index is 0.353. The predicted octanol–water partition coefficient (Wildman–Crippen LogP) is 2.47. The van der Waals surface area contributed by atoms with Crippen LogP contribution in [0.5, 0.6) is 0 Å². The molecule has 1 atom stereocenters. The molecule has 110 valence electrons. The molecule has 0 saturated heterocycles. The minimum atomic E-state index is -1.02. The van der Waals surface area contributed by atoms with Crippen LogP contribution in [0.1, 0.15) is 44.2 Å². The van der Waals surface area contributed by atoms with E-state index in [1.807, 2.05) is 24.3 Å². The normalized spacial score (nSPS) is 12.0. The molecular formula is C15H22N2O3. The van der Waals surface area contributed by atoms with Gasteiger partial charge in [0.2, 0.25) is 0 Å². The highest BCUT2D eigenvalue weighted by Crippen LogP contribution is 2.14. The van der Waals surface area contributed by atoms with Crippen molar-refractivity contribution in [1.82, 2.24) is 10.6 Å². The Bertz CT molecular complexity index is 455. The first kappa shape index (κ1) is 16.0. The fourth-order valence-electron chi connectivity index (χ4n) is 1.75. The third-order valence-corrected chi connectivity index (χ3v) is 3.11. The zero-order valence-electron chi connectivity index (χ0n) is 12.1. The van der Waals surface area contributed by atoms with Crippen molar-refractivity contribution in [3.63, 3.8) is 0 Å². The van der Waals surface area contributed by atoms with Crippen LogP contribution in [-0.2, 0) is 11.3 Å². The molecular weight excluding hydrogens is 256 g/mol. The molecule has 20 heavy (non-hydrogen) atoms. The lowest BCUT2D eigenvalue weighted by Gasteiger charge is -2.13. The van der Waals surface area contributed by atoms with Crippen LogP contribution in [0.2, 0.25) is 0 Å². The molecule has 0 aliphatic rings. The van der Waals surface area contributed by atoms with Crippen LogP contribution >= 0.6 is 0 Å². The number of nitrogens with one attached hydrogen (secondary N) is 2. The van der Waals surface area contributed by atoms with Crippen LogP contribution < -0.4 is 10.6 Å². The molecule has 5 nitrogen and oxygen atoms in total. The Kier molecular flexibility index (Phi) is 6.03. The number of urea groups is 1. The third-order valence-electron chi connectivity index (χ3n) is 3.11. The van der Waals surface area contributed by atoms with Gasteiger partial charge in [0.1, 0.15) is 6.04 Å². The standard InChI is InChI=1S/C15H22N2O3/c1-4-13(14(18)19)17-15(20)16-9-11-5-7-12(8-6-11)10(2)3/h5-8,10,13H,4,9H2,1-3H3,(H,18,19)(H2,16,17,20)/t13-/m0/s1. The highest BCUT2D eigenvalue weighted by molar-refractivity contribution is 5.82. The lowest BCUT2D eigenvalue weighted by atomic mass is 10.0. The summed E-state index contributed by atoms with van der Waals surface area (Å²) >= 11 is 0. The lowest BCUT2D eigenvalue weighted by Crippen LogP contribution is -2.45. The number of amides is 2. The number of carbonyl (C=O) groups excluding carboxylic acids is 1. The Labute approximate surface area is 119 Å². The lowest BCUT2D eigenvalue weighted by molar-refractivity contribution is -0.139. The maximum atomic E-state index is 11.6. The number of carboxylic acid groups (broad SMARTS) is 1. The number of aliphatic carboxylic acids is 1. The van der Waals surface area contributed by atoms with Gasteiger partial charge < -0.3 is 15.7 Å². The van der Waals surface area contributed by atoms with Gasteiger partial charge in [0.15, 0.2) is 0 Å². The van der Waals surface area contributed by atoms with Gasteiger partial charge in [0, 0.05) is 6.54 Å². The summed E-state index contributed by atoms with van der Waals surface area (Å²) in [6, 6.07) is 6.68. The molecule has 3 N–H and O–H groups in total. The van der Waals surface area contributed by atoms with Gasteiger partial charge in [-0.05, 0) is 23.5 Å². The molecule has 1 aromatic rings. The number of hydrogen-bond acceptors (Lipinski definition) is 2. The van der Waals surface area contributed by atoms with E-state index >= 15 is 0 Å². The van der Waals surface area contributed by atoms with Gasteiger partial charge in [0.25, 0.3) is 0 Å². The van der Waals surface area contributed by atoms with E-state index in [-0.39, 0.29) is 0 Å². The van der Waals surface area contributed by atoms with Gasteiger partial charge in [-0.15, -0.1) is 0 Å². The van der Waals surface area contributed by atoms with Crippen LogP contribution in [0, 0.1) is 0 Å². The van der Waals surface area contributed by atoms with E-state index in [0.717, 1.165) is 5.56 Å². The fraction of sp³-hybridized carbons (Fsp3) is 0.467. The van der Waals surface area contributed by atoms with E-state index in [9.17, 15) is 9.59 Å². The first-order valence-corrected chi connectivity index (χ1v) is 6.80. The van der Waals surface area contributed by atoms with Crippen LogP contribution in [0.15, 0.2) is 24.3 Å². The molecule has 2 amide bonds. The monoisotopic (exact) mass is 278 g/mol.